The lowest BCUT2D eigenvalue weighted by Crippen LogP contribution is -2.23. The molecule has 0 aliphatic heterocycles. The van der Waals surface area contributed by atoms with Gasteiger partial charge in [-0.1, -0.05) is 23.8 Å². The molecule has 0 unspecified atom stereocenters. The average Bonchev–Trinajstić information content (AvgIpc) is 2.85. The fraction of sp³-hybridized carbons (Fsp3) is 0.188. The topological polar surface area (TPSA) is 92.2 Å². The molecule has 0 aliphatic rings. The highest BCUT2D eigenvalue weighted by atomic mass is 32.2. The number of hydrogen-bond acceptors (Lipinski definition) is 4. The van der Waals surface area contributed by atoms with Crippen molar-refractivity contribution in [1.82, 2.24) is 9.71 Å². The van der Waals surface area contributed by atoms with Crippen LogP contribution in [0, 0.1) is 13.8 Å². The van der Waals surface area contributed by atoms with Crippen LogP contribution in [0.3, 0.4) is 0 Å². The van der Waals surface area contributed by atoms with Gasteiger partial charge in [0.25, 0.3) is 0 Å². The summed E-state index contributed by atoms with van der Waals surface area (Å²) in [4.78, 5) is 13.7. The molecule has 0 fully saturated rings. The van der Waals surface area contributed by atoms with Crippen molar-refractivity contribution in [3.63, 3.8) is 0 Å². The molecule has 0 atom stereocenters. The molecule has 0 saturated carbocycles. The Kier molecular flexibility index (Phi) is 3.83. The molecule has 23 heavy (non-hydrogen) atoms. The number of H-pyrrole nitrogens is 1. The SMILES string of the molecule is Cc1ccc(CNS(=O)(=O)c2ccc3[nH]c(=O)oc3c2)c(C)c1. The number of nitrogens with one attached hydrogen (secondary N) is 2. The van der Waals surface area contributed by atoms with Gasteiger partial charge in [0.05, 0.1) is 10.4 Å². The second-order valence-corrected chi connectivity index (χ2v) is 7.19. The smallest absolute Gasteiger partial charge is 0.408 e. The number of benzene rings is 2. The van der Waals surface area contributed by atoms with E-state index in [9.17, 15) is 13.2 Å². The van der Waals surface area contributed by atoms with Crippen LogP contribution in [0.5, 0.6) is 0 Å². The predicted octanol–water partition coefficient (Wildman–Crippen LogP) is 2.22. The maximum absolute atomic E-state index is 12.4. The van der Waals surface area contributed by atoms with Crippen LogP contribution in [0.2, 0.25) is 0 Å². The third-order valence-electron chi connectivity index (χ3n) is 3.65. The van der Waals surface area contributed by atoms with Crippen LogP contribution in [0.4, 0.5) is 0 Å². The van der Waals surface area contributed by atoms with Gasteiger partial charge in [-0.25, -0.2) is 17.9 Å². The normalized spacial score (nSPS) is 11.9. The van der Waals surface area contributed by atoms with Crippen molar-refractivity contribution in [2.75, 3.05) is 0 Å². The van der Waals surface area contributed by atoms with Gasteiger partial charge in [-0.15, -0.1) is 0 Å². The number of hydrogen-bond donors (Lipinski definition) is 2. The van der Waals surface area contributed by atoms with Crippen molar-refractivity contribution in [3.05, 3.63) is 63.6 Å². The monoisotopic (exact) mass is 332 g/mol. The summed E-state index contributed by atoms with van der Waals surface area (Å²) in [6.45, 7) is 4.13. The highest BCUT2D eigenvalue weighted by Gasteiger charge is 2.16. The van der Waals surface area contributed by atoms with E-state index in [0.29, 0.717) is 5.52 Å². The number of rotatable bonds is 4. The van der Waals surface area contributed by atoms with Crippen molar-refractivity contribution in [1.29, 1.82) is 0 Å². The summed E-state index contributed by atoms with van der Waals surface area (Å²) < 4.78 is 32.2. The van der Waals surface area contributed by atoms with Gasteiger partial charge < -0.3 is 4.42 Å². The number of sulfonamides is 1. The predicted molar refractivity (Wildman–Crippen MR) is 86.8 cm³/mol. The number of aryl methyl sites for hydroxylation is 2. The van der Waals surface area contributed by atoms with Gasteiger partial charge in [0.2, 0.25) is 10.0 Å². The van der Waals surface area contributed by atoms with Gasteiger partial charge in [-0.3, -0.25) is 4.98 Å². The number of aromatic nitrogens is 1. The molecule has 0 aliphatic carbocycles. The Morgan fingerprint density at radius 2 is 1.91 bits per heavy atom. The minimum Gasteiger partial charge on any atom is -0.408 e. The van der Waals surface area contributed by atoms with Crippen molar-refractivity contribution in [2.45, 2.75) is 25.3 Å². The zero-order valence-electron chi connectivity index (χ0n) is 12.7. The molecular formula is C16H16N2O4S. The maximum Gasteiger partial charge on any atom is 0.417 e. The Labute approximate surface area is 133 Å². The van der Waals surface area contributed by atoms with Gasteiger partial charge in [0, 0.05) is 12.6 Å². The van der Waals surface area contributed by atoms with E-state index in [1.807, 2.05) is 32.0 Å². The summed E-state index contributed by atoms with van der Waals surface area (Å²) in [6.07, 6.45) is 0. The Bertz CT molecular complexity index is 1030. The van der Waals surface area contributed by atoms with Gasteiger partial charge >= 0.3 is 5.76 Å². The van der Waals surface area contributed by atoms with Gasteiger partial charge in [-0.2, -0.15) is 0 Å². The van der Waals surface area contributed by atoms with E-state index in [-0.39, 0.29) is 17.0 Å². The van der Waals surface area contributed by atoms with E-state index in [1.165, 1.54) is 18.2 Å². The molecule has 7 heteroatoms. The van der Waals surface area contributed by atoms with Crippen LogP contribution in [0.1, 0.15) is 16.7 Å². The fourth-order valence-corrected chi connectivity index (χ4v) is 3.41. The lowest BCUT2D eigenvalue weighted by Gasteiger charge is -2.09. The highest BCUT2D eigenvalue weighted by Crippen LogP contribution is 2.17. The molecule has 1 heterocycles. The lowest BCUT2D eigenvalue weighted by molar-refractivity contribution is 0.553. The van der Waals surface area contributed by atoms with E-state index < -0.39 is 15.8 Å². The van der Waals surface area contributed by atoms with Crippen LogP contribution in [-0.2, 0) is 16.6 Å². The lowest BCUT2D eigenvalue weighted by atomic mass is 10.1. The second kappa shape index (κ2) is 5.68. The van der Waals surface area contributed by atoms with Crippen molar-refractivity contribution in [2.24, 2.45) is 0 Å². The summed E-state index contributed by atoms with van der Waals surface area (Å²) in [5, 5.41) is 0. The Morgan fingerprint density at radius 3 is 2.65 bits per heavy atom. The summed E-state index contributed by atoms with van der Waals surface area (Å²) >= 11 is 0. The standard InChI is InChI=1S/C16H16N2O4S/c1-10-3-4-12(11(2)7-10)9-17-23(20,21)13-5-6-14-15(8-13)22-16(19)18-14/h3-8,17H,9H2,1-2H3,(H,18,19). The molecule has 0 bridgehead atoms. The first-order valence-corrected chi connectivity index (χ1v) is 8.52. The van der Waals surface area contributed by atoms with Crippen molar-refractivity contribution in [3.8, 4) is 0 Å². The molecule has 6 nitrogen and oxygen atoms in total. The van der Waals surface area contributed by atoms with Crippen LogP contribution < -0.4 is 10.5 Å². The summed E-state index contributed by atoms with van der Waals surface area (Å²) in [5.74, 6) is -0.613. The van der Waals surface area contributed by atoms with E-state index in [4.69, 9.17) is 4.42 Å². The van der Waals surface area contributed by atoms with Crippen LogP contribution in [0.25, 0.3) is 11.1 Å². The Morgan fingerprint density at radius 1 is 1.13 bits per heavy atom. The van der Waals surface area contributed by atoms with Crippen LogP contribution in [-0.4, -0.2) is 13.4 Å². The van der Waals surface area contributed by atoms with Gasteiger partial charge in [0.15, 0.2) is 5.58 Å². The third-order valence-corrected chi connectivity index (χ3v) is 5.05. The maximum atomic E-state index is 12.4. The Hall–Kier alpha value is -2.38. The van der Waals surface area contributed by atoms with E-state index >= 15 is 0 Å². The molecule has 3 rings (SSSR count). The summed E-state index contributed by atoms with van der Waals surface area (Å²) in [6, 6.07) is 10.1. The molecule has 0 amide bonds. The number of oxazole rings is 1. The van der Waals surface area contributed by atoms with E-state index in [2.05, 4.69) is 9.71 Å². The fourth-order valence-electron chi connectivity index (χ4n) is 2.39. The molecule has 0 spiro atoms. The number of fused-ring (bicyclic) bond motifs is 1. The van der Waals surface area contributed by atoms with Crippen LogP contribution in [0.15, 0.2) is 50.5 Å². The van der Waals surface area contributed by atoms with Crippen molar-refractivity contribution >= 4 is 21.1 Å². The largest absolute Gasteiger partial charge is 0.417 e. The molecule has 2 aromatic carbocycles. The zero-order chi connectivity index (χ0) is 16.6. The first-order valence-electron chi connectivity index (χ1n) is 7.04. The van der Waals surface area contributed by atoms with E-state index in [0.717, 1.165) is 16.7 Å². The second-order valence-electron chi connectivity index (χ2n) is 5.43. The van der Waals surface area contributed by atoms with Crippen LogP contribution >= 0.6 is 0 Å². The molecule has 120 valence electrons. The first kappa shape index (κ1) is 15.5. The quantitative estimate of drug-likeness (QED) is 0.766. The minimum atomic E-state index is -3.69. The van der Waals surface area contributed by atoms with Crippen molar-refractivity contribution < 1.29 is 12.8 Å². The Balaban J connectivity index is 1.86. The molecule has 3 aromatic rings. The van der Waals surface area contributed by atoms with Gasteiger partial charge in [0.1, 0.15) is 0 Å². The molecule has 0 saturated heterocycles. The average molecular weight is 332 g/mol. The summed E-state index contributed by atoms with van der Waals surface area (Å²) in [5.41, 5.74) is 3.74. The van der Waals surface area contributed by atoms with E-state index in [1.54, 1.807) is 0 Å². The zero-order valence-corrected chi connectivity index (χ0v) is 13.5. The molecule has 0 radical (unpaired) electrons. The summed E-state index contributed by atoms with van der Waals surface area (Å²) in [7, 11) is -3.69. The van der Waals surface area contributed by atoms with Gasteiger partial charge in [-0.05, 0) is 37.1 Å². The molecule has 2 N–H and O–H groups in total. The highest BCUT2D eigenvalue weighted by molar-refractivity contribution is 7.89. The molecular weight excluding hydrogens is 316 g/mol. The number of aromatic amines is 1. The minimum absolute atomic E-state index is 0.0533. The third kappa shape index (κ3) is 3.20. The molecule has 1 aromatic heterocycles. The first-order chi connectivity index (χ1) is 10.8.